The Morgan fingerprint density at radius 3 is 1.80 bits per heavy atom. The smallest absolute Gasteiger partial charge is 0.256 e. The molecule has 2 N–H and O–H groups in total. The Morgan fingerprint density at radius 1 is 1.00 bits per heavy atom. The summed E-state index contributed by atoms with van der Waals surface area (Å²) in [4.78, 5) is 33.5. The van der Waals surface area contributed by atoms with E-state index in [1.54, 1.807) is 0 Å². The van der Waals surface area contributed by atoms with Gasteiger partial charge in [0.15, 0.2) is 0 Å². The monoisotopic (exact) mass is 142 g/mol. The van der Waals surface area contributed by atoms with Gasteiger partial charge in [-0.05, 0) is 0 Å². The third-order valence-electron chi connectivity index (χ3n) is 1.20. The van der Waals surface area contributed by atoms with Gasteiger partial charge in [0.2, 0.25) is 0 Å². The first-order valence-electron chi connectivity index (χ1n) is 2.45. The van der Waals surface area contributed by atoms with E-state index in [0.29, 0.717) is 9.03 Å². The third-order valence-corrected chi connectivity index (χ3v) is 1.20. The van der Waals surface area contributed by atoms with Crippen LogP contribution < -0.4 is 17.1 Å². The normalized spacial score (nSPS) is 11.2. The first-order valence-corrected chi connectivity index (χ1v) is 2.45. The number of hydrogen-bond donors (Lipinski definition) is 2. The van der Waals surface area contributed by atoms with Gasteiger partial charge in [0, 0.05) is 0 Å². The van der Waals surface area contributed by atoms with E-state index in [-0.39, 0.29) is 0 Å². The number of hydrogen-bond acceptors (Lipinski definition) is 3. The molecule has 52 valence electrons. The van der Waals surface area contributed by atoms with Crippen LogP contribution in [0.3, 0.4) is 0 Å². The van der Waals surface area contributed by atoms with E-state index >= 15 is 0 Å². The van der Waals surface area contributed by atoms with Crippen LogP contribution in [0, 0.1) is 0 Å². The van der Waals surface area contributed by atoms with Crippen LogP contribution >= 0.6 is 0 Å². The van der Waals surface area contributed by atoms with Crippen molar-refractivity contribution in [3.63, 3.8) is 0 Å². The molecule has 0 radical (unpaired) electrons. The Bertz CT molecular complexity index is 443. The highest BCUT2D eigenvalue weighted by Gasteiger charge is 2.08. The molecule has 2 bridgehead atoms. The predicted octanol–water partition coefficient (Wildman–Crippen LogP) is -2.79. The summed E-state index contributed by atoms with van der Waals surface area (Å²) in [5.74, 6) is 0. The standard InChI is InChI=1S/C3H2N4O3/c8-1-4-2(9)7-3(10)6(1)5-7/h5H,(H,4,8,9). The molecule has 0 saturated heterocycles. The van der Waals surface area contributed by atoms with Crippen molar-refractivity contribution in [1.82, 2.24) is 19.2 Å². The molecule has 7 heteroatoms. The van der Waals surface area contributed by atoms with Crippen LogP contribution in [0.5, 0.6) is 0 Å². The molecular weight excluding hydrogens is 140 g/mol. The highest BCUT2D eigenvalue weighted by atomic mass is 16.2. The van der Waals surface area contributed by atoms with Crippen molar-refractivity contribution in [3.05, 3.63) is 31.5 Å². The minimum Gasteiger partial charge on any atom is -0.256 e. The lowest BCUT2D eigenvalue weighted by molar-refractivity contribution is 0.488. The average molecular weight is 142 g/mol. The van der Waals surface area contributed by atoms with E-state index in [1.807, 2.05) is 4.98 Å². The molecule has 0 saturated carbocycles. The molecule has 0 aliphatic carbocycles. The van der Waals surface area contributed by atoms with E-state index in [4.69, 9.17) is 0 Å². The summed E-state index contributed by atoms with van der Waals surface area (Å²) < 4.78 is 1.39. The molecular formula is C3H2N4O3. The van der Waals surface area contributed by atoms with E-state index in [0.717, 1.165) is 0 Å². The summed E-state index contributed by atoms with van der Waals surface area (Å²) in [6.45, 7) is 0. The second kappa shape index (κ2) is 1.20. The summed E-state index contributed by atoms with van der Waals surface area (Å²) in [5, 5.41) is 2.18. The number of H-pyrrole nitrogens is 2. The lowest BCUT2D eigenvalue weighted by Gasteiger charge is -2.01. The topological polar surface area (TPSA) is 91.6 Å². The Balaban J connectivity index is 3.31. The zero-order valence-corrected chi connectivity index (χ0v) is 4.62. The van der Waals surface area contributed by atoms with Crippen LogP contribution in [-0.4, -0.2) is 19.2 Å². The molecule has 3 aromatic rings. The zero-order valence-electron chi connectivity index (χ0n) is 4.62. The number of fused-ring (bicyclic) bond motifs is 2. The fourth-order valence-corrected chi connectivity index (χ4v) is 0.709. The van der Waals surface area contributed by atoms with Gasteiger partial charge in [0.25, 0.3) is 0 Å². The van der Waals surface area contributed by atoms with Gasteiger partial charge in [0.05, 0.1) is 0 Å². The molecule has 3 heterocycles. The number of nitrogens with zero attached hydrogens (tertiary/aromatic N) is 2. The highest BCUT2D eigenvalue weighted by Crippen LogP contribution is 1.56. The molecule has 3 aromatic heterocycles. The molecule has 0 aliphatic heterocycles. The average Bonchev–Trinajstić information content (AvgIpc) is 1.83. The summed E-state index contributed by atoms with van der Waals surface area (Å²) in [6.07, 6.45) is 0. The van der Waals surface area contributed by atoms with E-state index in [2.05, 4.69) is 5.21 Å². The second-order valence-corrected chi connectivity index (χ2v) is 1.79. The molecule has 0 aliphatic rings. The lowest BCUT2D eigenvalue weighted by atomic mass is 10.9. The quantitative estimate of drug-likeness (QED) is 0.416. The van der Waals surface area contributed by atoms with Crippen LogP contribution in [0.15, 0.2) is 14.4 Å². The number of aromatic amines is 2. The SMILES string of the molecule is O=c1[nH]c(=O)n2[nH]n1c2=O. The summed E-state index contributed by atoms with van der Waals surface area (Å²) >= 11 is 0. The predicted molar refractivity (Wildman–Crippen MR) is 29.5 cm³/mol. The van der Waals surface area contributed by atoms with E-state index < -0.39 is 17.1 Å². The molecule has 7 nitrogen and oxygen atoms in total. The first-order chi connectivity index (χ1) is 4.70. The van der Waals surface area contributed by atoms with Gasteiger partial charge in [-0.25, -0.2) is 19.6 Å². The highest BCUT2D eigenvalue weighted by molar-refractivity contribution is 4.72. The molecule has 0 amide bonds. The van der Waals surface area contributed by atoms with Gasteiger partial charge in [-0.15, -0.1) is 9.03 Å². The molecule has 0 atom stereocenters. The van der Waals surface area contributed by atoms with E-state index in [9.17, 15) is 14.4 Å². The van der Waals surface area contributed by atoms with Crippen molar-refractivity contribution in [2.45, 2.75) is 0 Å². The van der Waals surface area contributed by atoms with Gasteiger partial charge in [-0.1, -0.05) is 0 Å². The minimum absolute atomic E-state index is 0.645. The van der Waals surface area contributed by atoms with Gasteiger partial charge in [-0.3, -0.25) is 4.98 Å². The molecule has 0 fully saturated rings. The largest absolute Gasteiger partial charge is 0.377 e. The van der Waals surface area contributed by atoms with Gasteiger partial charge >= 0.3 is 17.1 Å². The number of nitrogens with one attached hydrogen (secondary N) is 2. The van der Waals surface area contributed by atoms with Crippen molar-refractivity contribution in [1.29, 1.82) is 0 Å². The molecule has 10 heavy (non-hydrogen) atoms. The van der Waals surface area contributed by atoms with Gasteiger partial charge in [0.1, 0.15) is 0 Å². The second-order valence-electron chi connectivity index (χ2n) is 1.79. The summed E-state index contributed by atoms with van der Waals surface area (Å²) in [6, 6.07) is 0. The third kappa shape index (κ3) is 0.342. The van der Waals surface area contributed by atoms with Crippen LogP contribution in [0.2, 0.25) is 0 Å². The van der Waals surface area contributed by atoms with Crippen LogP contribution in [0.4, 0.5) is 0 Å². The molecule has 0 aromatic carbocycles. The fourth-order valence-electron chi connectivity index (χ4n) is 0.709. The maximum absolute atomic E-state index is 10.6. The van der Waals surface area contributed by atoms with Crippen molar-refractivity contribution in [2.24, 2.45) is 0 Å². The van der Waals surface area contributed by atoms with Crippen molar-refractivity contribution >= 4 is 0 Å². The maximum atomic E-state index is 10.6. The van der Waals surface area contributed by atoms with Crippen molar-refractivity contribution in [2.75, 3.05) is 0 Å². The lowest BCUT2D eigenvalue weighted by Crippen LogP contribution is -2.53. The van der Waals surface area contributed by atoms with Gasteiger partial charge in [-0.2, -0.15) is 0 Å². The first kappa shape index (κ1) is 5.03. The van der Waals surface area contributed by atoms with Crippen molar-refractivity contribution in [3.8, 4) is 0 Å². The minimum atomic E-state index is -0.738. The zero-order chi connectivity index (χ0) is 7.30. The summed E-state index contributed by atoms with van der Waals surface area (Å²) in [5.41, 5.74) is -2.12. The van der Waals surface area contributed by atoms with Gasteiger partial charge < -0.3 is 0 Å². The number of rotatable bonds is 0. The van der Waals surface area contributed by atoms with E-state index in [1.165, 1.54) is 0 Å². The van der Waals surface area contributed by atoms with Crippen molar-refractivity contribution < 1.29 is 0 Å². The maximum Gasteiger partial charge on any atom is 0.377 e. The van der Waals surface area contributed by atoms with Crippen LogP contribution in [0.25, 0.3) is 0 Å². The Morgan fingerprint density at radius 2 is 1.50 bits per heavy atom. The molecule has 3 rings (SSSR count). The Labute approximate surface area is 51.8 Å². The Hall–Kier alpha value is -1.79. The van der Waals surface area contributed by atoms with Crippen LogP contribution in [-0.2, 0) is 0 Å². The summed E-state index contributed by atoms with van der Waals surface area (Å²) in [7, 11) is 0. The fraction of sp³-hybridized carbons (Fsp3) is 0. The Kier molecular flexibility index (Phi) is 0.605. The number of aromatic nitrogens is 4. The molecule has 0 spiro atoms. The molecule has 0 unspecified atom stereocenters. The van der Waals surface area contributed by atoms with Crippen LogP contribution in [0.1, 0.15) is 0 Å².